The van der Waals surface area contributed by atoms with Gasteiger partial charge in [0.15, 0.2) is 5.56 Å². The third-order valence-electron chi connectivity index (χ3n) is 2.08. The van der Waals surface area contributed by atoms with Crippen LogP contribution in [0.15, 0.2) is 6.07 Å². The molecule has 0 aliphatic heterocycles. The van der Waals surface area contributed by atoms with Gasteiger partial charge < -0.3 is 19.6 Å². The SMILES string of the molecule is CCOC(=O)c1c(OC)cc(C(F)F)nc1[N+](=O)[O-]. The van der Waals surface area contributed by atoms with E-state index in [-0.39, 0.29) is 12.4 Å². The molecule has 104 valence electrons. The van der Waals surface area contributed by atoms with Crippen LogP contribution in [0.2, 0.25) is 0 Å². The Balaban J connectivity index is 3.49. The molecule has 0 saturated carbocycles. The lowest BCUT2D eigenvalue weighted by Crippen LogP contribution is -2.12. The fraction of sp³-hybridized carbons (Fsp3) is 0.400. The normalized spacial score (nSPS) is 10.4. The summed E-state index contributed by atoms with van der Waals surface area (Å²) in [5.41, 5.74) is -1.43. The van der Waals surface area contributed by atoms with Gasteiger partial charge in [-0.05, 0) is 16.8 Å². The van der Waals surface area contributed by atoms with Crippen molar-refractivity contribution in [3.63, 3.8) is 0 Å². The molecule has 1 aromatic rings. The quantitative estimate of drug-likeness (QED) is 0.464. The summed E-state index contributed by atoms with van der Waals surface area (Å²) >= 11 is 0. The van der Waals surface area contributed by atoms with Gasteiger partial charge in [0, 0.05) is 6.07 Å². The van der Waals surface area contributed by atoms with Gasteiger partial charge in [-0.2, -0.15) is 0 Å². The molecule has 19 heavy (non-hydrogen) atoms. The van der Waals surface area contributed by atoms with Gasteiger partial charge in [0.1, 0.15) is 5.75 Å². The molecule has 0 aliphatic carbocycles. The van der Waals surface area contributed by atoms with E-state index in [1.807, 2.05) is 0 Å². The molecule has 0 unspecified atom stereocenters. The maximum absolute atomic E-state index is 12.6. The number of esters is 1. The Kier molecular flexibility index (Phi) is 4.67. The average molecular weight is 276 g/mol. The van der Waals surface area contributed by atoms with Crippen LogP contribution in [-0.2, 0) is 4.74 Å². The fourth-order valence-corrected chi connectivity index (χ4v) is 1.33. The van der Waals surface area contributed by atoms with E-state index in [0.717, 1.165) is 13.2 Å². The largest absolute Gasteiger partial charge is 0.495 e. The first-order valence-corrected chi connectivity index (χ1v) is 5.10. The molecule has 9 heteroatoms. The number of aromatic nitrogens is 1. The summed E-state index contributed by atoms with van der Waals surface area (Å²) in [6.45, 7) is 1.47. The molecule has 0 N–H and O–H groups in total. The van der Waals surface area contributed by atoms with Gasteiger partial charge in [0.05, 0.1) is 13.7 Å². The Labute approximate surface area is 106 Å². The summed E-state index contributed by atoms with van der Waals surface area (Å²) in [4.78, 5) is 24.5. The predicted octanol–water partition coefficient (Wildman–Crippen LogP) is 2.11. The van der Waals surface area contributed by atoms with Crippen LogP contribution in [0.25, 0.3) is 0 Å². The second-order valence-electron chi connectivity index (χ2n) is 3.23. The van der Waals surface area contributed by atoms with Crippen LogP contribution in [-0.4, -0.2) is 29.6 Å². The molecule has 0 amide bonds. The third kappa shape index (κ3) is 3.12. The van der Waals surface area contributed by atoms with Crippen molar-refractivity contribution in [2.45, 2.75) is 13.3 Å². The third-order valence-corrected chi connectivity index (χ3v) is 2.08. The zero-order valence-corrected chi connectivity index (χ0v) is 10.1. The molecule has 1 heterocycles. The maximum atomic E-state index is 12.6. The molecule has 1 aromatic heterocycles. The van der Waals surface area contributed by atoms with Crippen LogP contribution in [0.1, 0.15) is 29.4 Å². The van der Waals surface area contributed by atoms with Crippen molar-refractivity contribution in [1.82, 2.24) is 4.98 Å². The van der Waals surface area contributed by atoms with E-state index in [4.69, 9.17) is 4.74 Å². The first-order chi connectivity index (χ1) is 8.92. The van der Waals surface area contributed by atoms with Crippen molar-refractivity contribution in [3.8, 4) is 5.75 Å². The standard InChI is InChI=1S/C10H10F2N2O5/c1-3-19-10(15)7-6(18-2)4-5(8(11)12)13-9(7)14(16)17/h4,8H,3H2,1-2H3. The highest BCUT2D eigenvalue weighted by Crippen LogP contribution is 2.31. The smallest absolute Gasteiger partial charge is 0.382 e. The first kappa shape index (κ1) is 14.7. The minimum atomic E-state index is -3.02. The Bertz CT molecular complexity index is 507. The average Bonchev–Trinajstić information content (AvgIpc) is 2.36. The Hall–Kier alpha value is -2.32. The Morgan fingerprint density at radius 3 is 2.63 bits per heavy atom. The molecule has 0 aliphatic rings. The number of carbonyl (C=O) groups is 1. The number of halogens is 2. The van der Waals surface area contributed by atoms with E-state index >= 15 is 0 Å². The summed E-state index contributed by atoms with van der Waals surface area (Å²) in [6.07, 6.45) is -3.02. The molecule has 1 rings (SSSR count). The lowest BCUT2D eigenvalue weighted by Gasteiger charge is -2.08. The molecular formula is C10H10F2N2O5. The van der Waals surface area contributed by atoms with Crippen molar-refractivity contribution >= 4 is 11.8 Å². The molecule has 0 fully saturated rings. The fourth-order valence-electron chi connectivity index (χ4n) is 1.33. The van der Waals surface area contributed by atoms with Gasteiger partial charge in [0.2, 0.25) is 5.69 Å². The van der Waals surface area contributed by atoms with Gasteiger partial charge in [-0.1, -0.05) is 0 Å². The second-order valence-corrected chi connectivity index (χ2v) is 3.23. The highest BCUT2D eigenvalue weighted by Gasteiger charge is 2.32. The van der Waals surface area contributed by atoms with Crippen LogP contribution >= 0.6 is 0 Å². The van der Waals surface area contributed by atoms with E-state index < -0.39 is 34.4 Å². The van der Waals surface area contributed by atoms with Crippen molar-refractivity contribution in [2.75, 3.05) is 13.7 Å². The summed E-state index contributed by atoms with van der Waals surface area (Å²) in [6, 6.07) is 0.768. The molecule has 0 radical (unpaired) electrons. The van der Waals surface area contributed by atoms with Gasteiger partial charge in [-0.3, -0.25) is 0 Å². The van der Waals surface area contributed by atoms with Crippen LogP contribution in [0.3, 0.4) is 0 Å². The minimum absolute atomic E-state index is 0.0320. The number of hydrogen-bond acceptors (Lipinski definition) is 6. The number of carbonyl (C=O) groups excluding carboxylic acids is 1. The van der Waals surface area contributed by atoms with Crippen LogP contribution < -0.4 is 4.74 Å². The molecular weight excluding hydrogens is 266 g/mol. The second kappa shape index (κ2) is 6.03. The monoisotopic (exact) mass is 276 g/mol. The van der Waals surface area contributed by atoms with E-state index in [9.17, 15) is 23.7 Å². The predicted molar refractivity (Wildman–Crippen MR) is 58.4 cm³/mol. The number of methoxy groups -OCH3 is 1. The number of rotatable bonds is 5. The lowest BCUT2D eigenvalue weighted by atomic mass is 10.2. The topological polar surface area (TPSA) is 91.6 Å². The Morgan fingerprint density at radius 1 is 1.58 bits per heavy atom. The van der Waals surface area contributed by atoms with Crippen molar-refractivity contribution in [3.05, 3.63) is 27.4 Å². The summed E-state index contributed by atoms with van der Waals surface area (Å²) < 4.78 is 34.4. The zero-order chi connectivity index (χ0) is 14.6. The van der Waals surface area contributed by atoms with E-state index in [2.05, 4.69) is 9.72 Å². The molecule has 0 bridgehead atoms. The van der Waals surface area contributed by atoms with E-state index in [0.29, 0.717) is 0 Å². The summed E-state index contributed by atoms with van der Waals surface area (Å²) in [7, 11) is 1.09. The highest BCUT2D eigenvalue weighted by atomic mass is 19.3. The van der Waals surface area contributed by atoms with E-state index in [1.165, 1.54) is 6.92 Å². The van der Waals surface area contributed by atoms with Crippen molar-refractivity contribution in [1.29, 1.82) is 0 Å². The van der Waals surface area contributed by atoms with Gasteiger partial charge in [-0.15, -0.1) is 0 Å². The van der Waals surface area contributed by atoms with E-state index in [1.54, 1.807) is 0 Å². The summed E-state index contributed by atoms with van der Waals surface area (Å²) in [5.74, 6) is -2.46. The summed E-state index contributed by atoms with van der Waals surface area (Å²) in [5, 5.41) is 10.8. The molecule has 7 nitrogen and oxygen atoms in total. The minimum Gasteiger partial charge on any atom is -0.495 e. The molecule has 0 aromatic carbocycles. The molecule has 0 atom stereocenters. The van der Waals surface area contributed by atoms with Crippen LogP contribution in [0, 0.1) is 10.1 Å². The highest BCUT2D eigenvalue weighted by molar-refractivity contribution is 5.96. The number of pyridine rings is 1. The van der Waals surface area contributed by atoms with Gasteiger partial charge in [-0.25, -0.2) is 13.6 Å². The zero-order valence-electron chi connectivity index (χ0n) is 10.1. The molecule has 0 saturated heterocycles. The number of nitro groups is 1. The first-order valence-electron chi connectivity index (χ1n) is 5.10. The van der Waals surface area contributed by atoms with Crippen LogP contribution in [0.4, 0.5) is 14.6 Å². The van der Waals surface area contributed by atoms with Gasteiger partial charge in [0.25, 0.3) is 0 Å². The number of alkyl halides is 2. The number of hydrogen-bond donors (Lipinski definition) is 0. The number of ether oxygens (including phenoxy) is 2. The maximum Gasteiger partial charge on any atom is 0.382 e. The van der Waals surface area contributed by atoms with Crippen LogP contribution in [0.5, 0.6) is 5.75 Å². The van der Waals surface area contributed by atoms with Gasteiger partial charge >= 0.3 is 18.2 Å². The van der Waals surface area contributed by atoms with Crippen molar-refractivity contribution < 1.29 is 28.0 Å². The lowest BCUT2D eigenvalue weighted by molar-refractivity contribution is -0.390. The molecule has 0 spiro atoms. The number of nitrogens with zero attached hydrogens (tertiary/aromatic N) is 2. The Morgan fingerprint density at radius 2 is 2.21 bits per heavy atom. The van der Waals surface area contributed by atoms with Crippen molar-refractivity contribution in [2.24, 2.45) is 0 Å².